The Balaban J connectivity index is 1.86. The Bertz CT molecular complexity index is 1180. The molecule has 4 aromatic rings. The maximum Gasteiger partial charge on any atom is 0.120 e. The van der Waals surface area contributed by atoms with E-state index in [0.29, 0.717) is 23.7 Å². The smallest absolute Gasteiger partial charge is 0.120 e. The third-order valence-corrected chi connectivity index (χ3v) is 14.4. The van der Waals surface area contributed by atoms with Crippen LogP contribution in [0, 0.1) is 11.3 Å². The molecule has 3 heteroatoms. The lowest BCUT2D eigenvalue weighted by molar-refractivity contribution is -0.108. The van der Waals surface area contributed by atoms with Crippen LogP contribution in [-0.2, 0) is 4.79 Å². The van der Waals surface area contributed by atoms with E-state index in [-0.39, 0.29) is 5.41 Å². The Labute approximate surface area is 238 Å². The fraction of sp³-hybridized carbons (Fsp3) is 0.306. The highest BCUT2D eigenvalue weighted by atomic mass is 31.1. The number of carbonyl (C=O) groups excluding carboxylic acids is 1. The Hall–Kier alpha value is -2.59. The number of rotatable bonds is 13. The lowest BCUT2D eigenvalue weighted by Gasteiger charge is -2.42. The number of hydrogen-bond acceptors (Lipinski definition) is 1. The predicted octanol–water partition coefficient (Wildman–Crippen LogP) is 8.04. The van der Waals surface area contributed by atoms with E-state index in [1.54, 1.807) is 0 Å². The molecule has 0 fully saturated rings. The molecule has 3 unspecified atom stereocenters. The fourth-order valence-electron chi connectivity index (χ4n) is 5.55. The average molecular weight is 553 g/mol. The van der Waals surface area contributed by atoms with Gasteiger partial charge in [0, 0.05) is 6.42 Å². The number of hydrogen-bond donors (Lipinski definition) is 0. The highest BCUT2D eigenvalue weighted by Gasteiger charge is 2.38. The molecule has 3 atom stereocenters. The van der Waals surface area contributed by atoms with Gasteiger partial charge in [0.1, 0.15) is 6.29 Å². The maximum atomic E-state index is 11.3. The van der Waals surface area contributed by atoms with E-state index >= 15 is 0 Å². The van der Waals surface area contributed by atoms with E-state index in [1.165, 1.54) is 21.2 Å². The summed E-state index contributed by atoms with van der Waals surface area (Å²) in [6, 6.07) is 44.8. The van der Waals surface area contributed by atoms with Crippen LogP contribution in [0.1, 0.15) is 47.0 Å². The van der Waals surface area contributed by atoms with Crippen LogP contribution in [-0.4, -0.2) is 17.6 Å². The minimum Gasteiger partial charge on any atom is -0.303 e. The first-order chi connectivity index (χ1) is 18.9. The molecular weight excluding hydrogens is 510 g/mol. The van der Waals surface area contributed by atoms with E-state index in [2.05, 4.69) is 149 Å². The maximum absolute atomic E-state index is 11.3. The van der Waals surface area contributed by atoms with E-state index in [9.17, 15) is 4.79 Å². The van der Waals surface area contributed by atoms with Crippen LogP contribution in [0.2, 0.25) is 0 Å². The van der Waals surface area contributed by atoms with Crippen molar-refractivity contribution in [2.45, 2.75) is 58.3 Å². The van der Waals surface area contributed by atoms with Gasteiger partial charge in [-0.1, -0.05) is 149 Å². The summed E-state index contributed by atoms with van der Waals surface area (Å²) in [4.78, 5) is 11.3. The van der Waals surface area contributed by atoms with Gasteiger partial charge < -0.3 is 4.79 Å². The van der Waals surface area contributed by atoms with Crippen molar-refractivity contribution < 1.29 is 4.79 Å². The zero-order valence-electron chi connectivity index (χ0n) is 23.8. The third kappa shape index (κ3) is 7.54. The molecule has 0 radical (unpaired) electrons. The van der Waals surface area contributed by atoms with Gasteiger partial charge in [-0.05, 0) is 72.6 Å². The zero-order valence-corrected chi connectivity index (χ0v) is 25.6. The molecule has 0 amide bonds. The molecule has 0 saturated carbocycles. The lowest BCUT2D eigenvalue weighted by atomic mass is 9.74. The van der Waals surface area contributed by atoms with Gasteiger partial charge in [-0.3, -0.25) is 0 Å². The van der Waals surface area contributed by atoms with Gasteiger partial charge in [-0.15, -0.1) is 0 Å². The molecule has 0 N–H and O–H groups in total. The fourth-order valence-corrected chi connectivity index (χ4v) is 12.1. The normalized spacial score (nSPS) is 14.2. The topological polar surface area (TPSA) is 17.1 Å². The molecule has 4 aromatic carbocycles. The second-order valence-corrected chi connectivity index (χ2v) is 16.2. The highest BCUT2D eigenvalue weighted by Crippen LogP contribution is 2.54. The highest BCUT2D eigenvalue weighted by molar-refractivity contribution is 7.77. The van der Waals surface area contributed by atoms with Gasteiger partial charge in [0.15, 0.2) is 0 Å². The molecule has 4 rings (SSSR count). The Morgan fingerprint density at radius 1 is 0.615 bits per heavy atom. The molecule has 1 nitrogen and oxygen atoms in total. The SMILES string of the molecule is CC(C(CC(C)C(C)(C)CCC=O)P(c1ccccc1)c1ccccc1)P(c1ccccc1)c1ccccc1. The van der Waals surface area contributed by atoms with Gasteiger partial charge in [0.2, 0.25) is 0 Å². The van der Waals surface area contributed by atoms with Gasteiger partial charge in [0.25, 0.3) is 0 Å². The second kappa shape index (κ2) is 14.2. The minimum absolute atomic E-state index is 0.0928. The molecule has 202 valence electrons. The quantitative estimate of drug-likeness (QED) is 0.121. The van der Waals surface area contributed by atoms with Crippen LogP contribution in [0.15, 0.2) is 121 Å². The minimum atomic E-state index is -0.613. The Kier molecular flexibility index (Phi) is 10.7. The van der Waals surface area contributed by atoms with Crippen molar-refractivity contribution in [1.29, 1.82) is 0 Å². The summed E-state index contributed by atoms with van der Waals surface area (Å²) in [6.07, 6.45) is 3.77. The molecule has 0 bridgehead atoms. The van der Waals surface area contributed by atoms with Crippen molar-refractivity contribution >= 4 is 43.3 Å². The molecule has 0 heterocycles. The Morgan fingerprint density at radius 3 is 1.33 bits per heavy atom. The molecule has 0 spiro atoms. The largest absolute Gasteiger partial charge is 0.303 e. The van der Waals surface area contributed by atoms with Crippen LogP contribution in [0.4, 0.5) is 0 Å². The summed E-state index contributed by atoms with van der Waals surface area (Å²) in [7, 11) is -1.19. The van der Waals surface area contributed by atoms with Crippen LogP contribution in [0.25, 0.3) is 0 Å². The Morgan fingerprint density at radius 2 is 0.974 bits per heavy atom. The lowest BCUT2D eigenvalue weighted by Crippen LogP contribution is -2.37. The summed E-state index contributed by atoms with van der Waals surface area (Å²) < 4.78 is 0. The van der Waals surface area contributed by atoms with Crippen LogP contribution in [0.5, 0.6) is 0 Å². The first-order valence-corrected chi connectivity index (χ1v) is 17.0. The third-order valence-electron chi connectivity index (χ3n) is 8.27. The molecule has 39 heavy (non-hydrogen) atoms. The summed E-state index contributed by atoms with van der Waals surface area (Å²) in [6.45, 7) is 9.64. The van der Waals surface area contributed by atoms with E-state index < -0.39 is 15.8 Å². The molecular formula is C36H42OP2. The standard InChI is InChI=1S/C36H42OP2/c1-29(36(3,4)26-17-27-37)28-35(39(33-22-13-7-14-23-33)34-24-15-8-16-25-34)30(2)38(31-18-9-5-10-19-31)32-20-11-6-12-21-32/h5-16,18-25,27,29-30,35H,17,26,28H2,1-4H3. The van der Waals surface area contributed by atoms with Crippen molar-refractivity contribution in [2.75, 3.05) is 0 Å². The molecule has 0 aliphatic carbocycles. The van der Waals surface area contributed by atoms with Gasteiger partial charge in [-0.2, -0.15) is 0 Å². The van der Waals surface area contributed by atoms with Crippen molar-refractivity contribution in [3.05, 3.63) is 121 Å². The first-order valence-electron chi connectivity index (χ1n) is 14.1. The summed E-state index contributed by atoms with van der Waals surface area (Å²) in [5, 5.41) is 5.79. The van der Waals surface area contributed by atoms with Crippen molar-refractivity contribution in [3.63, 3.8) is 0 Å². The van der Waals surface area contributed by atoms with Gasteiger partial charge in [0.05, 0.1) is 0 Å². The number of benzene rings is 4. The second-order valence-electron chi connectivity index (χ2n) is 11.2. The van der Waals surface area contributed by atoms with Crippen molar-refractivity contribution in [3.8, 4) is 0 Å². The molecule has 0 aliphatic heterocycles. The van der Waals surface area contributed by atoms with E-state index in [1.807, 2.05) is 0 Å². The van der Waals surface area contributed by atoms with E-state index in [0.717, 1.165) is 19.1 Å². The monoisotopic (exact) mass is 552 g/mol. The number of carbonyl (C=O) groups is 1. The molecule has 0 saturated heterocycles. The van der Waals surface area contributed by atoms with Crippen LogP contribution >= 0.6 is 15.8 Å². The average Bonchev–Trinajstić information content (AvgIpc) is 2.98. The predicted molar refractivity (Wildman–Crippen MR) is 174 cm³/mol. The molecule has 0 aliphatic rings. The molecule has 0 aromatic heterocycles. The van der Waals surface area contributed by atoms with Gasteiger partial charge in [-0.25, -0.2) is 0 Å². The number of aldehydes is 1. The van der Waals surface area contributed by atoms with Crippen LogP contribution < -0.4 is 21.2 Å². The summed E-state index contributed by atoms with van der Waals surface area (Å²) in [5.74, 6) is 0.478. The van der Waals surface area contributed by atoms with E-state index in [4.69, 9.17) is 0 Å². The summed E-state index contributed by atoms with van der Waals surface area (Å²) >= 11 is 0. The van der Waals surface area contributed by atoms with Crippen LogP contribution in [0.3, 0.4) is 0 Å². The zero-order chi connectivity index (χ0) is 27.7. The summed E-state index contributed by atoms with van der Waals surface area (Å²) in [5.41, 5.74) is 1.03. The van der Waals surface area contributed by atoms with Crippen molar-refractivity contribution in [1.82, 2.24) is 0 Å². The van der Waals surface area contributed by atoms with Crippen molar-refractivity contribution in [2.24, 2.45) is 11.3 Å². The first kappa shape index (κ1) is 29.4. The van der Waals surface area contributed by atoms with Gasteiger partial charge >= 0.3 is 0 Å².